The molecule has 3 aromatic rings. The van der Waals surface area contributed by atoms with Gasteiger partial charge in [0.1, 0.15) is 29.0 Å². The highest BCUT2D eigenvalue weighted by Crippen LogP contribution is 2.26. The monoisotopic (exact) mass is 366 g/mol. The van der Waals surface area contributed by atoms with Crippen molar-refractivity contribution in [3.8, 4) is 17.4 Å². The van der Waals surface area contributed by atoms with Gasteiger partial charge in [0.2, 0.25) is 0 Å². The van der Waals surface area contributed by atoms with Crippen LogP contribution >= 0.6 is 11.6 Å². The molecule has 0 aliphatic rings. The van der Waals surface area contributed by atoms with Crippen LogP contribution in [0.25, 0.3) is 17.4 Å². The normalized spacial score (nSPS) is 11.0. The van der Waals surface area contributed by atoms with E-state index in [9.17, 15) is 14.4 Å². The third kappa shape index (κ3) is 4.00. The summed E-state index contributed by atoms with van der Waals surface area (Å²) >= 11 is 5.87. The maximum absolute atomic E-state index is 13.8. The Hall–Kier alpha value is -3.36. The van der Waals surface area contributed by atoms with Crippen LogP contribution in [-0.2, 0) is 4.79 Å². The lowest BCUT2D eigenvalue weighted by Crippen LogP contribution is -2.13. The van der Waals surface area contributed by atoms with Gasteiger partial charge in [-0.15, -0.1) is 0 Å². The van der Waals surface area contributed by atoms with Gasteiger partial charge in [0, 0.05) is 16.8 Å². The zero-order valence-corrected chi connectivity index (χ0v) is 14.1. The van der Waals surface area contributed by atoms with E-state index in [1.165, 1.54) is 12.1 Å². The number of rotatable bonds is 4. The summed E-state index contributed by atoms with van der Waals surface area (Å²) in [7, 11) is 0. The Labute approximate surface area is 154 Å². The predicted octanol–water partition coefficient (Wildman–Crippen LogP) is 5.28. The summed E-state index contributed by atoms with van der Waals surface area (Å²) in [6, 6.07) is 17.7. The minimum Gasteiger partial charge on any atom is -0.457 e. The number of hydrogen-bond acceptors (Lipinski definition) is 3. The fraction of sp³-hybridized carbons (Fsp3) is 0. The highest BCUT2D eigenvalue weighted by Gasteiger charge is 2.13. The number of carbonyl (C=O) groups is 1. The lowest BCUT2D eigenvalue weighted by Gasteiger charge is -2.04. The van der Waals surface area contributed by atoms with E-state index in [1.54, 1.807) is 54.6 Å². The van der Waals surface area contributed by atoms with Gasteiger partial charge in [-0.2, -0.15) is 5.26 Å². The van der Waals surface area contributed by atoms with Gasteiger partial charge >= 0.3 is 0 Å². The first kappa shape index (κ1) is 17.5. The molecule has 6 heteroatoms. The molecule has 1 aromatic heterocycles. The summed E-state index contributed by atoms with van der Waals surface area (Å²) in [5.74, 6) is -0.446. The smallest absolute Gasteiger partial charge is 0.266 e. The van der Waals surface area contributed by atoms with E-state index in [-0.39, 0.29) is 11.3 Å². The molecular formula is C20H12ClFN2O2. The number of nitriles is 1. The maximum atomic E-state index is 13.8. The average molecular weight is 367 g/mol. The summed E-state index contributed by atoms with van der Waals surface area (Å²) in [5, 5.41) is 12.3. The fourth-order valence-electron chi connectivity index (χ4n) is 2.29. The van der Waals surface area contributed by atoms with Crippen LogP contribution in [0.15, 0.2) is 70.7 Å². The first-order chi connectivity index (χ1) is 12.6. The molecule has 3 rings (SSSR count). The van der Waals surface area contributed by atoms with Gasteiger partial charge in [0.15, 0.2) is 0 Å². The summed E-state index contributed by atoms with van der Waals surface area (Å²) in [6.45, 7) is 0. The fourth-order valence-corrected chi connectivity index (χ4v) is 2.48. The standard InChI is InChI=1S/C20H12ClFN2O2/c21-14-4-3-5-15(11-14)24-20(25)13(12-23)10-16-8-9-19(26-16)17-6-1-2-7-18(17)22/h1-11H,(H,24,25)/b13-10+. The Bertz CT molecular complexity index is 1030. The second-order valence-corrected chi connectivity index (χ2v) is 5.75. The van der Waals surface area contributed by atoms with Crippen molar-refractivity contribution in [2.75, 3.05) is 5.32 Å². The molecular weight excluding hydrogens is 355 g/mol. The van der Waals surface area contributed by atoms with Crippen molar-refractivity contribution < 1.29 is 13.6 Å². The minimum absolute atomic E-state index is 0.153. The van der Waals surface area contributed by atoms with E-state index in [4.69, 9.17) is 16.0 Å². The number of anilines is 1. The third-order valence-electron chi connectivity index (χ3n) is 3.50. The number of halogens is 2. The number of amides is 1. The van der Waals surface area contributed by atoms with E-state index >= 15 is 0 Å². The Morgan fingerprint density at radius 2 is 1.96 bits per heavy atom. The van der Waals surface area contributed by atoms with Crippen LogP contribution in [0.4, 0.5) is 10.1 Å². The molecule has 2 aromatic carbocycles. The van der Waals surface area contributed by atoms with Gasteiger partial charge in [0.05, 0.1) is 5.56 Å². The maximum Gasteiger partial charge on any atom is 0.266 e. The lowest BCUT2D eigenvalue weighted by molar-refractivity contribution is -0.112. The van der Waals surface area contributed by atoms with Gasteiger partial charge < -0.3 is 9.73 Å². The van der Waals surface area contributed by atoms with Crippen molar-refractivity contribution in [1.29, 1.82) is 5.26 Å². The second-order valence-electron chi connectivity index (χ2n) is 5.32. The molecule has 0 bridgehead atoms. The molecule has 0 fully saturated rings. The van der Waals surface area contributed by atoms with Gasteiger partial charge in [0.25, 0.3) is 5.91 Å². The largest absolute Gasteiger partial charge is 0.457 e. The van der Waals surface area contributed by atoms with E-state index in [0.29, 0.717) is 22.0 Å². The van der Waals surface area contributed by atoms with E-state index in [1.807, 2.05) is 6.07 Å². The molecule has 1 amide bonds. The Morgan fingerprint density at radius 3 is 2.69 bits per heavy atom. The molecule has 26 heavy (non-hydrogen) atoms. The summed E-state index contributed by atoms with van der Waals surface area (Å²) in [5.41, 5.74) is 0.614. The van der Waals surface area contributed by atoms with Crippen molar-refractivity contribution >= 4 is 29.3 Å². The van der Waals surface area contributed by atoms with E-state index < -0.39 is 11.7 Å². The minimum atomic E-state index is -0.599. The van der Waals surface area contributed by atoms with Crippen LogP contribution in [0, 0.1) is 17.1 Å². The van der Waals surface area contributed by atoms with Crippen LogP contribution in [-0.4, -0.2) is 5.91 Å². The average Bonchev–Trinajstić information content (AvgIpc) is 3.08. The highest BCUT2D eigenvalue weighted by atomic mass is 35.5. The molecule has 128 valence electrons. The number of hydrogen-bond donors (Lipinski definition) is 1. The molecule has 0 saturated heterocycles. The van der Waals surface area contributed by atoms with Gasteiger partial charge in [-0.1, -0.05) is 29.8 Å². The molecule has 0 aliphatic heterocycles. The molecule has 1 N–H and O–H groups in total. The molecule has 4 nitrogen and oxygen atoms in total. The number of nitrogens with zero attached hydrogens (tertiary/aromatic N) is 1. The number of furan rings is 1. The van der Waals surface area contributed by atoms with Crippen LogP contribution in [0.5, 0.6) is 0 Å². The Morgan fingerprint density at radius 1 is 1.15 bits per heavy atom. The van der Waals surface area contributed by atoms with Crippen LogP contribution in [0.1, 0.15) is 5.76 Å². The molecule has 1 heterocycles. The van der Waals surface area contributed by atoms with Crippen molar-refractivity contribution in [2.45, 2.75) is 0 Å². The molecule has 0 radical (unpaired) electrons. The predicted molar refractivity (Wildman–Crippen MR) is 97.8 cm³/mol. The number of nitrogens with one attached hydrogen (secondary N) is 1. The van der Waals surface area contributed by atoms with Crippen molar-refractivity contribution in [3.05, 3.63) is 82.8 Å². The van der Waals surface area contributed by atoms with Crippen LogP contribution in [0.2, 0.25) is 5.02 Å². The highest BCUT2D eigenvalue weighted by molar-refractivity contribution is 6.31. The van der Waals surface area contributed by atoms with Crippen molar-refractivity contribution in [3.63, 3.8) is 0 Å². The lowest BCUT2D eigenvalue weighted by atomic mass is 10.1. The molecule has 0 aliphatic carbocycles. The van der Waals surface area contributed by atoms with E-state index in [2.05, 4.69) is 5.32 Å². The number of benzene rings is 2. The third-order valence-corrected chi connectivity index (χ3v) is 3.74. The Kier molecular flexibility index (Phi) is 5.16. The van der Waals surface area contributed by atoms with Gasteiger partial charge in [-0.25, -0.2) is 4.39 Å². The summed E-state index contributed by atoms with van der Waals surface area (Å²) in [6.07, 6.45) is 1.30. The van der Waals surface area contributed by atoms with Gasteiger partial charge in [-0.05, 0) is 42.5 Å². The van der Waals surface area contributed by atoms with Crippen LogP contribution < -0.4 is 5.32 Å². The number of carbonyl (C=O) groups excluding carboxylic acids is 1. The molecule has 0 spiro atoms. The summed E-state index contributed by atoms with van der Waals surface area (Å²) < 4.78 is 19.3. The second kappa shape index (κ2) is 7.68. The first-order valence-electron chi connectivity index (χ1n) is 7.60. The van der Waals surface area contributed by atoms with E-state index in [0.717, 1.165) is 0 Å². The molecule has 0 atom stereocenters. The zero-order valence-electron chi connectivity index (χ0n) is 13.4. The molecule has 0 unspecified atom stereocenters. The quantitative estimate of drug-likeness (QED) is 0.504. The van der Waals surface area contributed by atoms with Crippen molar-refractivity contribution in [2.24, 2.45) is 0 Å². The zero-order chi connectivity index (χ0) is 18.5. The first-order valence-corrected chi connectivity index (χ1v) is 7.98. The van der Waals surface area contributed by atoms with Crippen molar-refractivity contribution in [1.82, 2.24) is 0 Å². The summed E-state index contributed by atoms with van der Waals surface area (Å²) in [4.78, 5) is 12.2. The molecule has 0 saturated carbocycles. The Balaban J connectivity index is 1.82. The van der Waals surface area contributed by atoms with Crippen LogP contribution in [0.3, 0.4) is 0 Å². The topological polar surface area (TPSA) is 66.0 Å². The van der Waals surface area contributed by atoms with Gasteiger partial charge in [-0.3, -0.25) is 4.79 Å². The SMILES string of the molecule is N#C/C(=C\c1ccc(-c2ccccc2F)o1)C(=O)Nc1cccc(Cl)c1.